The van der Waals surface area contributed by atoms with Gasteiger partial charge in [0.1, 0.15) is 0 Å². The fourth-order valence-corrected chi connectivity index (χ4v) is 0. The van der Waals surface area contributed by atoms with Gasteiger partial charge in [0.2, 0.25) is 0 Å². The van der Waals surface area contributed by atoms with Crippen LogP contribution in [0.15, 0.2) is 0 Å². The molecule has 0 heterocycles. The Morgan fingerprint density at radius 2 is 0.526 bits per heavy atom. The zero-order valence-electron chi connectivity index (χ0n) is 9.00. The van der Waals surface area contributed by atoms with Crippen LogP contribution < -0.4 is 0 Å². The van der Waals surface area contributed by atoms with Gasteiger partial charge in [0.05, 0.1) is 0 Å². The summed E-state index contributed by atoms with van der Waals surface area (Å²) in [5.41, 5.74) is 0. The molecule has 0 aromatic carbocycles. The van der Waals surface area contributed by atoms with Crippen LogP contribution in [0, 0.1) is 0 Å². The predicted molar refractivity (Wildman–Crippen MR) is 98.1 cm³/mol. The smallest absolute Gasteiger partial charge is 0.180 e. The summed E-state index contributed by atoms with van der Waals surface area (Å²) < 4.78 is -3.00. The fourth-order valence-electron chi connectivity index (χ4n) is 0. The van der Waals surface area contributed by atoms with Crippen molar-refractivity contribution in [2.75, 3.05) is 6.61 Å². The van der Waals surface area contributed by atoms with Crippen LogP contribution in [0.25, 0.3) is 0 Å². The van der Waals surface area contributed by atoms with Crippen molar-refractivity contribution in [1.82, 2.24) is 0 Å². The molecule has 0 radical (unpaired) electrons. The van der Waals surface area contributed by atoms with E-state index in [0.29, 0.717) is 0 Å². The minimum Gasteiger partial charge on any atom is -0.397 e. The van der Waals surface area contributed by atoms with Crippen LogP contribution in [-0.4, -0.2) is 28.9 Å². The molecule has 0 rings (SSSR count). The van der Waals surface area contributed by atoms with Crippen molar-refractivity contribution in [3.05, 3.63) is 0 Å². The maximum atomic E-state index is 7.57. The number of hydrogen-bond donors (Lipinski definition) is 1. The second-order valence-electron chi connectivity index (χ2n) is 1.31. The zero-order valence-corrected chi connectivity index (χ0v) is 18.1. The van der Waals surface area contributed by atoms with Gasteiger partial charge in [0.25, 0.3) is 0 Å². The Bertz CT molecular complexity index is 75.4. The van der Waals surface area contributed by atoms with Crippen LogP contribution in [0.5, 0.6) is 0 Å². The molecule has 0 aliphatic heterocycles. The Labute approximate surface area is 173 Å². The molecule has 0 spiro atoms. The van der Waals surface area contributed by atoms with E-state index in [9.17, 15) is 0 Å². The molecule has 0 saturated heterocycles. The van der Waals surface area contributed by atoms with Crippen LogP contribution in [0.1, 0.15) is 6.92 Å². The molecule has 0 atom stereocenters. The van der Waals surface area contributed by atoms with Crippen molar-refractivity contribution in [2.24, 2.45) is 0 Å². The summed E-state index contributed by atoms with van der Waals surface area (Å²) in [5.74, 6) is 0. The van der Waals surface area contributed by atoms with Crippen LogP contribution in [0.3, 0.4) is 0 Å². The number of aliphatic hydroxyl groups excluding tert-OH is 1. The molecule has 0 aromatic rings. The summed E-state index contributed by atoms with van der Waals surface area (Å²) in [6, 6.07) is 0. The van der Waals surface area contributed by atoms with Crippen LogP contribution >= 0.6 is 139 Å². The largest absolute Gasteiger partial charge is 0.397 e. The molecule has 0 bridgehead atoms. The van der Waals surface area contributed by atoms with Crippen molar-refractivity contribution in [3.8, 4) is 0 Å². The second kappa shape index (κ2) is 33.1. The third-order valence-electron chi connectivity index (χ3n) is 0. The molecular weight excluding hydrogens is 514 g/mol. The first kappa shape index (κ1) is 33.9. The average Bonchev–Trinajstić information content (AvgIpc) is 1.97. The third-order valence-corrected chi connectivity index (χ3v) is 0. The topological polar surface area (TPSA) is 20.2 Å². The Kier molecular flexibility index (Phi) is 59.2. The van der Waals surface area contributed by atoms with E-state index < -0.39 is 17.2 Å². The second-order valence-corrected chi connectivity index (χ2v) is 9.22. The lowest BCUT2D eigenvalue weighted by atomic mass is 10.9. The van der Waals surface area contributed by atoms with E-state index in [1.54, 1.807) is 6.92 Å². The van der Waals surface area contributed by atoms with Crippen molar-refractivity contribution < 1.29 is 5.11 Å². The molecule has 1 nitrogen and oxygen atoms in total. The molecule has 0 aliphatic rings. The van der Waals surface area contributed by atoms with Gasteiger partial charge in [-0.05, 0) is 6.92 Å². The molecule has 124 valence electrons. The van der Waals surface area contributed by atoms with Gasteiger partial charge in [-0.15, -0.1) is 0 Å². The van der Waals surface area contributed by atoms with Crippen LogP contribution in [-0.2, 0) is 0 Å². The first-order chi connectivity index (χ1) is 8.34. The van der Waals surface area contributed by atoms with E-state index in [0.717, 1.165) is 0 Å². The van der Waals surface area contributed by atoms with E-state index in [-0.39, 0.29) is 6.61 Å². The molecule has 0 aromatic heterocycles. The standard InChI is InChI=1S/C2H6O.4CHCl3/c1-2-3;4*2-1(3)4/h3H,2H2,1H3;4*1H. The van der Waals surface area contributed by atoms with Gasteiger partial charge in [-0.1, -0.05) is 139 Å². The lowest BCUT2D eigenvalue weighted by Gasteiger charge is -1.69. The first-order valence-corrected chi connectivity index (χ1v) is 8.88. The number of alkyl halides is 12. The Hall–Kier alpha value is 3.44. The molecular formula is C6H10Cl12O. The van der Waals surface area contributed by atoms with Crippen LogP contribution in [0.2, 0.25) is 0 Å². The summed E-state index contributed by atoms with van der Waals surface area (Å²) in [6.45, 7) is 1.93. The van der Waals surface area contributed by atoms with Gasteiger partial charge in [-0.2, -0.15) is 0 Å². The minimum absolute atomic E-state index is 0.250. The summed E-state index contributed by atoms with van der Waals surface area (Å²) in [5, 5.41) is 7.57. The number of halogens is 12. The highest BCUT2D eigenvalue weighted by atomic mass is 35.6. The zero-order chi connectivity index (χ0) is 17.0. The maximum absolute atomic E-state index is 7.57. The average molecular weight is 524 g/mol. The summed E-state index contributed by atoms with van der Waals surface area (Å²) in [7, 11) is 0. The molecule has 1 N–H and O–H groups in total. The van der Waals surface area contributed by atoms with Gasteiger partial charge in [-0.25, -0.2) is 0 Å². The normalized spacial score (nSPS) is 8.53. The molecule has 0 fully saturated rings. The summed E-state index contributed by atoms with van der Waals surface area (Å²) >= 11 is 57.7. The van der Waals surface area contributed by atoms with Crippen molar-refractivity contribution >= 4 is 139 Å². The van der Waals surface area contributed by atoms with Crippen LogP contribution in [0.4, 0.5) is 0 Å². The van der Waals surface area contributed by atoms with Gasteiger partial charge in [0, 0.05) is 6.61 Å². The highest BCUT2D eigenvalue weighted by Crippen LogP contribution is 2.04. The first-order valence-electron chi connectivity index (χ1n) is 3.64. The summed E-state index contributed by atoms with van der Waals surface area (Å²) in [6.07, 6.45) is 0. The number of rotatable bonds is 0. The third kappa shape index (κ3) is 685. The molecule has 0 saturated carbocycles. The van der Waals surface area contributed by atoms with E-state index >= 15 is 0 Å². The lowest BCUT2D eigenvalue weighted by molar-refractivity contribution is 0.318. The molecule has 0 unspecified atom stereocenters. The SMILES string of the molecule is CCO.ClC(Cl)Cl.ClC(Cl)Cl.ClC(Cl)Cl.ClC(Cl)Cl. The summed E-state index contributed by atoms with van der Waals surface area (Å²) in [4.78, 5) is 0. The monoisotopic (exact) mass is 518 g/mol. The molecule has 0 amide bonds. The Morgan fingerprint density at radius 1 is 0.526 bits per heavy atom. The van der Waals surface area contributed by atoms with Gasteiger partial charge in [-0.3, -0.25) is 0 Å². The van der Waals surface area contributed by atoms with E-state index in [2.05, 4.69) is 0 Å². The van der Waals surface area contributed by atoms with E-state index in [1.165, 1.54) is 0 Å². The quantitative estimate of drug-likeness (QED) is 0.320. The lowest BCUT2D eigenvalue weighted by Crippen LogP contribution is -1.57. The maximum Gasteiger partial charge on any atom is 0.180 e. The minimum atomic E-state index is -0.750. The highest BCUT2D eigenvalue weighted by molar-refractivity contribution is 6.64. The van der Waals surface area contributed by atoms with Gasteiger partial charge in [0.15, 0.2) is 17.2 Å². The Morgan fingerprint density at radius 3 is 0.526 bits per heavy atom. The number of hydrogen-bond acceptors (Lipinski definition) is 1. The van der Waals surface area contributed by atoms with Crippen molar-refractivity contribution in [2.45, 2.75) is 24.1 Å². The van der Waals surface area contributed by atoms with Crippen molar-refractivity contribution in [3.63, 3.8) is 0 Å². The fraction of sp³-hybridized carbons (Fsp3) is 1.00. The molecule has 0 aliphatic carbocycles. The number of aliphatic hydroxyl groups is 1. The highest BCUT2D eigenvalue weighted by Gasteiger charge is 1.80. The van der Waals surface area contributed by atoms with Crippen molar-refractivity contribution in [1.29, 1.82) is 0 Å². The van der Waals surface area contributed by atoms with E-state index in [4.69, 9.17) is 144 Å². The molecule has 19 heavy (non-hydrogen) atoms. The van der Waals surface area contributed by atoms with Gasteiger partial charge < -0.3 is 5.11 Å². The predicted octanol–water partition coefficient (Wildman–Crippen LogP) is 7.94. The van der Waals surface area contributed by atoms with E-state index in [1.807, 2.05) is 0 Å². The molecule has 13 heteroatoms. The Balaban J connectivity index is -0.0000000432. The van der Waals surface area contributed by atoms with Gasteiger partial charge >= 0.3 is 0 Å².